The zero-order valence-electron chi connectivity index (χ0n) is 12.0. The van der Waals surface area contributed by atoms with Crippen LogP contribution in [-0.2, 0) is 4.79 Å². The third kappa shape index (κ3) is 4.91. The topological polar surface area (TPSA) is 66.8 Å². The molecule has 5 heteroatoms. The number of ether oxygens (including phenoxy) is 1. The van der Waals surface area contributed by atoms with Gasteiger partial charge in [-0.05, 0) is 31.5 Å². The van der Waals surface area contributed by atoms with Crippen molar-refractivity contribution >= 4 is 11.9 Å². The molecule has 1 aromatic carbocycles. The van der Waals surface area contributed by atoms with Gasteiger partial charge in [-0.2, -0.15) is 0 Å². The van der Waals surface area contributed by atoms with Gasteiger partial charge in [-0.15, -0.1) is 0 Å². The summed E-state index contributed by atoms with van der Waals surface area (Å²) in [6, 6.07) is 6.98. The van der Waals surface area contributed by atoms with E-state index in [-0.39, 0.29) is 18.9 Å². The fourth-order valence-electron chi connectivity index (χ4n) is 1.76. The molecule has 0 radical (unpaired) electrons. The second kappa shape index (κ2) is 8.19. The number of aliphatic carboxylic acids is 1. The van der Waals surface area contributed by atoms with Crippen LogP contribution in [0.4, 0.5) is 0 Å². The molecule has 0 saturated heterocycles. The quantitative estimate of drug-likeness (QED) is 0.793. The predicted molar refractivity (Wildman–Crippen MR) is 76.1 cm³/mol. The van der Waals surface area contributed by atoms with E-state index in [1.807, 2.05) is 13.8 Å². The molecule has 0 aliphatic rings. The molecule has 110 valence electrons. The maximum atomic E-state index is 12.3. The highest BCUT2D eigenvalue weighted by molar-refractivity contribution is 5.94. The van der Waals surface area contributed by atoms with Crippen molar-refractivity contribution in [3.05, 3.63) is 29.8 Å². The van der Waals surface area contributed by atoms with Crippen molar-refractivity contribution in [3.63, 3.8) is 0 Å². The van der Waals surface area contributed by atoms with Gasteiger partial charge in [-0.3, -0.25) is 9.59 Å². The molecule has 0 heterocycles. The standard InChI is InChI=1S/C15H21NO4/c1-3-10-20-13-7-5-6-12(11-13)15(19)16(4-2)9-8-14(17)18/h5-7,11H,3-4,8-10H2,1-2H3,(H,17,18). The maximum absolute atomic E-state index is 12.3. The van der Waals surface area contributed by atoms with Gasteiger partial charge >= 0.3 is 5.97 Å². The summed E-state index contributed by atoms with van der Waals surface area (Å²) in [5.74, 6) is -0.418. The average Bonchev–Trinajstić information content (AvgIpc) is 2.45. The Labute approximate surface area is 119 Å². The van der Waals surface area contributed by atoms with Crippen molar-refractivity contribution in [3.8, 4) is 5.75 Å². The molecule has 0 aliphatic heterocycles. The van der Waals surface area contributed by atoms with Crippen LogP contribution in [0.3, 0.4) is 0 Å². The summed E-state index contributed by atoms with van der Waals surface area (Å²) < 4.78 is 5.49. The summed E-state index contributed by atoms with van der Waals surface area (Å²) in [5, 5.41) is 8.69. The van der Waals surface area contributed by atoms with Gasteiger partial charge in [-0.1, -0.05) is 13.0 Å². The van der Waals surface area contributed by atoms with E-state index in [2.05, 4.69) is 0 Å². The monoisotopic (exact) mass is 279 g/mol. The Morgan fingerprint density at radius 1 is 1.30 bits per heavy atom. The van der Waals surface area contributed by atoms with E-state index in [1.54, 1.807) is 24.3 Å². The number of carbonyl (C=O) groups excluding carboxylic acids is 1. The van der Waals surface area contributed by atoms with Crippen molar-refractivity contribution in [2.24, 2.45) is 0 Å². The molecule has 0 fully saturated rings. The molecule has 1 rings (SSSR count). The predicted octanol–water partition coefficient (Wildman–Crippen LogP) is 2.41. The highest BCUT2D eigenvalue weighted by Crippen LogP contribution is 2.15. The van der Waals surface area contributed by atoms with E-state index >= 15 is 0 Å². The summed E-state index contributed by atoms with van der Waals surface area (Å²) in [4.78, 5) is 24.4. The molecule has 0 unspecified atom stereocenters. The first-order chi connectivity index (χ1) is 9.58. The third-order valence-corrected chi connectivity index (χ3v) is 2.82. The van der Waals surface area contributed by atoms with Crippen molar-refractivity contribution in [2.75, 3.05) is 19.7 Å². The van der Waals surface area contributed by atoms with Crippen molar-refractivity contribution in [1.82, 2.24) is 4.90 Å². The van der Waals surface area contributed by atoms with Gasteiger partial charge in [0.1, 0.15) is 5.75 Å². The van der Waals surface area contributed by atoms with Crippen LogP contribution in [0.15, 0.2) is 24.3 Å². The molecule has 1 aromatic rings. The van der Waals surface area contributed by atoms with Gasteiger partial charge in [0, 0.05) is 18.7 Å². The van der Waals surface area contributed by atoms with Crippen LogP contribution >= 0.6 is 0 Å². The second-order valence-electron chi connectivity index (χ2n) is 4.40. The van der Waals surface area contributed by atoms with Crippen LogP contribution in [0.2, 0.25) is 0 Å². The number of carboxylic acid groups (broad SMARTS) is 1. The van der Waals surface area contributed by atoms with Crippen LogP contribution in [-0.4, -0.2) is 41.6 Å². The average molecular weight is 279 g/mol. The van der Waals surface area contributed by atoms with Crippen LogP contribution in [0.1, 0.15) is 37.0 Å². The van der Waals surface area contributed by atoms with Crippen molar-refractivity contribution < 1.29 is 19.4 Å². The molecular formula is C15H21NO4. The Morgan fingerprint density at radius 2 is 2.05 bits per heavy atom. The number of hydrogen-bond acceptors (Lipinski definition) is 3. The Kier molecular flexibility index (Phi) is 6.56. The molecule has 0 atom stereocenters. The lowest BCUT2D eigenvalue weighted by Gasteiger charge is -2.20. The highest BCUT2D eigenvalue weighted by atomic mass is 16.5. The Morgan fingerprint density at radius 3 is 2.65 bits per heavy atom. The number of carbonyl (C=O) groups is 2. The first kappa shape index (κ1) is 16.0. The Hall–Kier alpha value is -2.04. The molecule has 0 bridgehead atoms. The molecule has 1 N–H and O–H groups in total. The van der Waals surface area contributed by atoms with Gasteiger partial charge in [0.15, 0.2) is 0 Å². The van der Waals surface area contributed by atoms with Crippen LogP contribution in [0.25, 0.3) is 0 Å². The largest absolute Gasteiger partial charge is 0.494 e. The summed E-state index contributed by atoms with van der Waals surface area (Å²) in [5.41, 5.74) is 0.519. The minimum Gasteiger partial charge on any atom is -0.494 e. The zero-order chi connectivity index (χ0) is 15.0. The lowest BCUT2D eigenvalue weighted by Crippen LogP contribution is -2.32. The lowest BCUT2D eigenvalue weighted by molar-refractivity contribution is -0.137. The lowest BCUT2D eigenvalue weighted by atomic mass is 10.2. The minimum absolute atomic E-state index is 0.0500. The van der Waals surface area contributed by atoms with Gasteiger partial charge in [-0.25, -0.2) is 0 Å². The van der Waals surface area contributed by atoms with E-state index in [1.165, 1.54) is 4.90 Å². The number of rotatable bonds is 8. The number of nitrogens with zero attached hydrogens (tertiary/aromatic N) is 1. The Bertz CT molecular complexity index is 459. The van der Waals surface area contributed by atoms with Crippen molar-refractivity contribution in [1.29, 1.82) is 0 Å². The fraction of sp³-hybridized carbons (Fsp3) is 0.467. The number of benzene rings is 1. The normalized spacial score (nSPS) is 10.1. The number of hydrogen-bond donors (Lipinski definition) is 1. The third-order valence-electron chi connectivity index (χ3n) is 2.82. The van der Waals surface area contributed by atoms with E-state index in [9.17, 15) is 9.59 Å². The van der Waals surface area contributed by atoms with Crippen LogP contribution in [0.5, 0.6) is 5.75 Å². The molecular weight excluding hydrogens is 258 g/mol. The SMILES string of the molecule is CCCOc1cccc(C(=O)N(CC)CCC(=O)O)c1. The van der Waals surface area contributed by atoms with Gasteiger partial charge in [0.25, 0.3) is 5.91 Å². The van der Waals surface area contributed by atoms with E-state index in [0.717, 1.165) is 6.42 Å². The van der Waals surface area contributed by atoms with Gasteiger partial charge < -0.3 is 14.7 Å². The van der Waals surface area contributed by atoms with Crippen LogP contribution < -0.4 is 4.74 Å². The van der Waals surface area contributed by atoms with Crippen molar-refractivity contribution in [2.45, 2.75) is 26.7 Å². The molecule has 0 aliphatic carbocycles. The number of carboxylic acids is 1. The summed E-state index contributed by atoms with van der Waals surface area (Å²) >= 11 is 0. The maximum Gasteiger partial charge on any atom is 0.305 e. The molecule has 5 nitrogen and oxygen atoms in total. The van der Waals surface area contributed by atoms with Gasteiger partial charge in [0.05, 0.1) is 13.0 Å². The first-order valence-corrected chi connectivity index (χ1v) is 6.82. The van der Waals surface area contributed by atoms with Crippen LogP contribution in [0, 0.1) is 0 Å². The Balaban J connectivity index is 2.75. The van der Waals surface area contributed by atoms with Gasteiger partial charge in [0.2, 0.25) is 0 Å². The molecule has 0 saturated carbocycles. The smallest absolute Gasteiger partial charge is 0.305 e. The molecule has 1 amide bonds. The first-order valence-electron chi connectivity index (χ1n) is 6.82. The van der Waals surface area contributed by atoms with E-state index in [0.29, 0.717) is 24.5 Å². The minimum atomic E-state index is -0.906. The fourth-order valence-corrected chi connectivity index (χ4v) is 1.76. The second-order valence-corrected chi connectivity index (χ2v) is 4.40. The molecule has 0 spiro atoms. The summed E-state index contributed by atoms with van der Waals surface area (Å²) in [6.07, 6.45) is 0.851. The van der Waals surface area contributed by atoms with E-state index in [4.69, 9.17) is 9.84 Å². The molecule has 20 heavy (non-hydrogen) atoms. The highest BCUT2D eigenvalue weighted by Gasteiger charge is 2.15. The number of amides is 1. The summed E-state index contributed by atoms with van der Waals surface area (Å²) in [6.45, 7) is 5.14. The summed E-state index contributed by atoms with van der Waals surface area (Å²) in [7, 11) is 0. The molecule has 0 aromatic heterocycles. The zero-order valence-corrected chi connectivity index (χ0v) is 12.0. The van der Waals surface area contributed by atoms with E-state index < -0.39 is 5.97 Å².